The van der Waals surface area contributed by atoms with Crippen molar-refractivity contribution in [1.82, 2.24) is 5.32 Å². The first-order chi connectivity index (χ1) is 11.0. The van der Waals surface area contributed by atoms with E-state index < -0.39 is 23.7 Å². The molecule has 1 unspecified atom stereocenters. The van der Waals surface area contributed by atoms with Crippen molar-refractivity contribution in [1.29, 1.82) is 0 Å². The Hall–Kier alpha value is -2.15. The van der Waals surface area contributed by atoms with Gasteiger partial charge in [-0.2, -0.15) is 0 Å². The van der Waals surface area contributed by atoms with Crippen LogP contribution in [0.5, 0.6) is 5.75 Å². The smallest absolute Gasteiger partial charge is 0.330 e. The summed E-state index contributed by atoms with van der Waals surface area (Å²) >= 11 is 0. The maximum atomic E-state index is 13.7. The first-order valence-corrected chi connectivity index (χ1v) is 7.43. The second-order valence-electron chi connectivity index (χ2n) is 4.99. The number of amides is 1. The van der Waals surface area contributed by atoms with Gasteiger partial charge in [-0.1, -0.05) is 25.8 Å². The molecule has 1 aromatic rings. The number of carbonyl (C=O) groups is 2. The molecule has 0 aromatic heterocycles. The average molecular weight is 327 g/mol. The molecule has 128 valence electrons. The zero-order valence-corrected chi connectivity index (χ0v) is 13.3. The Labute approximate surface area is 134 Å². The highest BCUT2D eigenvalue weighted by Crippen LogP contribution is 2.22. The molecule has 1 amide bonds. The van der Waals surface area contributed by atoms with E-state index in [-0.39, 0.29) is 17.9 Å². The number of ether oxygens (including phenoxy) is 2. The van der Waals surface area contributed by atoms with Crippen molar-refractivity contribution in [2.45, 2.75) is 32.2 Å². The van der Waals surface area contributed by atoms with E-state index in [1.165, 1.54) is 19.2 Å². The van der Waals surface area contributed by atoms with Crippen LogP contribution in [0.15, 0.2) is 18.2 Å². The van der Waals surface area contributed by atoms with E-state index in [2.05, 4.69) is 12.2 Å². The molecule has 0 spiro atoms. The van der Waals surface area contributed by atoms with E-state index in [4.69, 9.17) is 9.47 Å². The summed E-state index contributed by atoms with van der Waals surface area (Å²) < 4.78 is 23.6. The number of carboxylic acids is 1. The molecule has 1 aromatic carbocycles. The van der Waals surface area contributed by atoms with E-state index in [1.54, 1.807) is 0 Å². The van der Waals surface area contributed by atoms with E-state index in [0.29, 0.717) is 6.61 Å². The maximum absolute atomic E-state index is 13.7. The molecule has 23 heavy (non-hydrogen) atoms. The summed E-state index contributed by atoms with van der Waals surface area (Å²) in [7, 11) is 1.31. The number of carbonyl (C=O) groups excluding carboxylic acids is 1. The van der Waals surface area contributed by atoms with Crippen molar-refractivity contribution in [3.05, 3.63) is 29.6 Å². The van der Waals surface area contributed by atoms with Crippen LogP contribution in [0.4, 0.5) is 4.39 Å². The predicted molar refractivity (Wildman–Crippen MR) is 81.8 cm³/mol. The second-order valence-corrected chi connectivity index (χ2v) is 4.99. The molecule has 0 radical (unpaired) electrons. The van der Waals surface area contributed by atoms with Crippen LogP contribution in [-0.2, 0) is 14.3 Å². The minimum atomic E-state index is -1.35. The van der Waals surface area contributed by atoms with Crippen LogP contribution < -0.4 is 10.1 Å². The zero-order valence-electron chi connectivity index (χ0n) is 13.3. The van der Waals surface area contributed by atoms with Gasteiger partial charge in [-0.15, -0.1) is 0 Å². The number of methoxy groups -OCH3 is 1. The minimum absolute atomic E-state index is 0.00322. The summed E-state index contributed by atoms with van der Waals surface area (Å²) in [6.45, 7) is 2.26. The molecule has 1 atom stereocenters. The Bertz CT molecular complexity index is 535. The Kier molecular flexibility index (Phi) is 8.04. The van der Waals surface area contributed by atoms with Gasteiger partial charge in [0, 0.05) is 6.61 Å². The molecule has 0 aliphatic heterocycles. The number of carboxylic acid groups (broad SMARTS) is 1. The average Bonchev–Trinajstić information content (AvgIpc) is 2.52. The predicted octanol–water partition coefficient (Wildman–Crippen LogP) is 2.28. The normalized spacial score (nSPS) is 11.8. The van der Waals surface area contributed by atoms with Gasteiger partial charge in [0.15, 0.2) is 17.6 Å². The van der Waals surface area contributed by atoms with Crippen molar-refractivity contribution >= 4 is 11.9 Å². The highest BCUT2D eigenvalue weighted by molar-refractivity contribution is 5.85. The molecule has 0 bridgehead atoms. The van der Waals surface area contributed by atoms with E-state index in [1.807, 2.05) is 0 Å². The van der Waals surface area contributed by atoms with Gasteiger partial charge < -0.3 is 19.9 Å². The molecular formula is C16H22FNO5. The summed E-state index contributed by atoms with van der Waals surface area (Å²) in [5.41, 5.74) is 0.120. The number of aliphatic carboxylic acids is 1. The molecule has 1 rings (SSSR count). The molecule has 0 aliphatic carbocycles. The standard InChI is InChI=1S/C16H22FNO5/c1-3-4-5-8-23-10-14(19)18-15(16(20)21)11-6-7-13(22-2)12(17)9-11/h6-7,9,15H,3-5,8,10H2,1-2H3,(H,18,19)(H,20,21). The molecule has 0 saturated heterocycles. The van der Waals surface area contributed by atoms with Gasteiger partial charge in [-0.25, -0.2) is 9.18 Å². The number of unbranched alkanes of at least 4 members (excludes halogenated alkanes) is 2. The Balaban J connectivity index is 2.63. The maximum Gasteiger partial charge on any atom is 0.330 e. The third-order valence-electron chi connectivity index (χ3n) is 3.19. The number of nitrogens with one attached hydrogen (secondary N) is 1. The molecular weight excluding hydrogens is 305 g/mol. The lowest BCUT2D eigenvalue weighted by Gasteiger charge is -2.16. The van der Waals surface area contributed by atoms with E-state index in [9.17, 15) is 19.1 Å². The molecule has 0 saturated carbocycles. The topological polar surface area (TPSA) is 84.9 Å². The fourth-order valence-corrected chi connectivity index (χ4v) is 1.97. The van der Waals surface area contributed by atoms with Crippen LogP contribution in [0.2, 0.25) is 0 Å². The number of hydrogen-bond acceptors (Lipinski definition) is 4. The molecule has 0 fully saturated rings. The highest BCUT2D eigenvalue weighted by atomic mass is 19.1. The second kappa shape index (κ2) is 9.78. The monoisotopic (exact) mass is 327 g/mol. The number of benzene rings is 1. The van der Waals surface area contributed by atoms with Gasteiger partial charge in [0.2, 0.25) is 5.91 Å². The van der Waals surface area contributed by atoms with Crippen molar-refractivity contribution < 1.29 is 28.6 Å². The Morgan fingerprint density at radius 3 is 2.65 bits per heavy atom. The SMILES string of the molecule is CCCCCOCC(=O)NC(C(=O)O)c1ccc(OC)c(F)c1. The van der Waals surface area contributed by atoms with Crippen molar-refractivity contribution in [3.8, 4) is 5.75 Å². The van der Waals surface area contributed by atoms with Crippen LogP contribution in [0.1, 0.15) is 37.8 Å². The summed E-state index contributed by atoms with van der Waals surface area (Å²) in [5.74, 6) is -2.54. The molecule has 7 heteroatoms. The lowest BCUT2D eigenvalue weighted by atomic mass is 10.1. The van der Waals surface area contributed by atoms with E-state index in [0.717, 1.165) is 25.3 Å². The van der Waals surface area contributed by atoms with Crippen LogP contribution >= 0.6 is 0 Å². The fourth-order valence-electron chi connectivity index (χ4n) is 1.97. The Morgan fingerprint density at radius 1 is 1.35 bits per heavy atom. The van der Waals surface area contributed by atoms with Gasteiger partial charge in [-0.3, -0.25) is 4.79 Å². The third kappa shape index (κ3) is 6.23. The van der Waals surface area contributed by atoms with Crippen LogP contribution in [0, 0.1) is 5.82 Å². The lowest BCUT2D eigenvalue weighted by Crippen LogP contribution is -2.36. The van der Waals surface area contributed by atoms with Gasteiger partial charge in [-0.05, 0) is 24.1 Å². The Morgan fingerprint density at radius 2 is 2.09 bits per heavy atom. The summed E-state index contributed by atoms with van der Waals surface area (Å²) in [6.07, 6.45) is 2.89. The van der Waals surface area contributed by atoms with Gasteiger partial charge in [0.05, 0.1) is 7.11 Å². The molecule has 6 nitrogen and oxygen atoms in total. The molecule has 2 N–H and O–H groups in total. The quantitative estimate of drug-likeness (QED) is 0.644. The number of hydrogen-bond donors (Lipinski definition) is 2. The summed E-state index contributed by atoms with van der Waals surface area (Å²) in [5, 5.41) is 11.5. The first-order valence-electron chi connectivity index (χ1n) is 7.43. The number of halogens is 1. The van der Waals surface area contributed by atoms with Crippen molar-refractivity contribution in [2.24, 2.45) is 0 Å². The minimum Gasteiger partial charge on any atom is -0.494 e. The highest BCUT2D eigenvalue weighted by Gasteiger charge is 2.23. The van der Waals surface area contributed by atoms with Crippen LogP contribution in [0.3, 0.4) is 0 Å². The van der Waals surface area contributed by atoms with Crippen molar-refractivity contribution in [2.75, 3.05) is 20.3 Å². The zero-order chi connectivity index (χ0) is 17.2. The van der Waals surface area contributed by atoms with Crippen molar-refractivity contribution in [3.63, 3.8) is 0 Å². The van der Waals surface area contributed by atoms with Gasteiger partial charge in [0.25, 0.3) is 0 Å². The number of rotatable bonds is 10. The summed E-state index contributed by atoms with van der Waals surface area (Å²) in [6, 6.07) is 2.39. The first kappa shape index (κ1) is 18.9. The lowest BCUT2D eigenvalue weighted by molar-refractivity contribution is -0.142. The fraction of sp³-hybridized carbons (Fsp3) is 0.500. The van der Waals surface area contributed by atoms with Gasteiger partial charge >= 0.3 is 5.97 Å². The van der Waals surface area contributed by atoms with Crippen LogP contribution in [0.25, 0.3) is 0 Å². The third-order valence-corrected chi connectivity index (χ3v) is 3.19. The summed E-state index contributed by atoms with van der Waals surface area (Å²) in [4.78, 5) is 23.1. The largest absolute Gasteiger partial charge is 0.494 e. The van der Waals surface area contributed by atoms with Crippen LogP contribution in [-0.4, -0.2) is 37.3 Å². The van der Waals surface area contributed by atoms with E-state index >= 15 is 0 Å². The van der Waals surface area contributed by atoms with Gasteiger partial charge in [0.1, 0.15) is 6.61 Å². The molecule has 0 aliphatic rings. The molecule has 0 heterocycles.